The van der Waals surface area contributed by atoms with Gasteiger partial charge < -0.3 is 24.3 Å². The van der Waals surface area contributed by atoms with Gasteiger partial charge in [-0.15, -0.1) is 0 Å². The van der Waals surface area contributed by atoms with E-state index in [2.05, 4.69) is 13.8 Å². The molecule has 1 aromatic carbocycles. The lowest BCUT2D eigenvalue weighted by Crippen LogP contribution is -2.61. The molecule has 0 bridgehead atoms. The number of benzene rings is 1. The molecule has 0 radical (unpaired) electrons. The van der Waals surface area contributed by atoms with Gasteiger partial charge in [-0.2, -0.15) is 0 Å². The Morgan fingerprint density at radius 3 is 2.41 bits per heavy atom. The number of urea groups is 1. The maximum atomic E-state index is 13.3. The van der Waals surface area contributed by atoms with Crippen LogP contribution in [-0.2, 0) is 20.9 Å². The van der Waals surface area contributed by atoms with Crippen LogP contribution in [0.3, 0.4) is 0 Å². The molecule has 0 saturated carbocycles. The summed E-state index contributed by atoms with van der Waals surface area (Å²) in [5.74, 6) is 0.514. The Bertz CT molecular complexity index is 856. The zero-order valence-electron chi connectivity index (χ0n) is 19.3. The van der Waals surface area contributed by atoms with Gasteiger partial charge in [0.2, 0.25) is 11.8 Å². The smallest absolute Gasteiger partial charge is 0.321 e. The van der Waals surface area contributed by atoms with Gasteiger partial charge >= 0.3 is 6.03 Å². The van der Waals surface area contributed by atoms with Crippen LogP contribution in [0, 0.1) is 5.92 Å². The highest BCUT2D eigenvalue weighted by molar-refractivity contribution is 5.95. The number of fused-ring (bicyclic) bond motifs is 1. The van der Waals surface area contributed by atoms with E-state index in [1.807, 2.05) is 43.9 Å². The Morgan fingerprint density at radius 1 is 1.06 bits per heavy atom. The first-order chi connectivity index (χ1) is 15.4. The lowest BCUT2D eigenvalue weighted by Gasteiger charge is -2.42. The van der Waals surface area contributed by atoms with Crippen LogP contribution < -0.4 is 4.90 Å². The summed E-state index contributed by atoms with van der Waals surface area (Å²) in [6.45, 7) is 7.65. The summed E-state index contributed by atoms with van der Waals surface area (Å²) in [5.41, 5.74) is 1.94. The molecule has 174 valence electrons. The highest BCUT2D eigenvalue weighted by Crippen LogP contribution is 2.30. The van der Waals surface area contributed by atoms with E-state index in [0.717, 1.165) is 24.2 Å². The minimum atomic E-state index is -0.410. The molecule has 0 aliphatic carbocycles. The quantitative estimate of drug-likeness (QED) is 0.619. The normalized spacial score (nSPS) is 23.7. The predicted molar refractivity (Wildman–Crippen MR) is 121 cm³/mol. The number of hydrogen-bond acceptors (Lipinski definition) is 4. The fraction of sp³-hybridized carbons (Fsp3) is 0.625. The second kappa shape index (κ2) is 9.48. The van der Waals surface area contributed by atoms with Gasteiger partial charge in [0.15, 0.2) is 0 Å². The van der Waals surface area contributed by atoms with E-state index in [9.17, 15) is 14.4 Å². The summed E-state index contributed by atoms with van der Waals surface area (Å²) in [5, 5.41) is 0. The second-order valence-corrected chi connectivity index (χ2v) is 9.46. The second-order valence-electron chi connectivity index (χ2n) is 9.46. The standard InChI is InChI=1S/C24H34N4O4/c1-17(2)13-21-23(30)25(11-12-32-3)15-20-16-26(24(31)28(20)21)14-18-6-8-19(9-7-18)27-10-4-5-22(27)29/h6-9,17,20-21H,4-5,10-16H2,1-3H3/t20-,21+/m1/s1. The Morgan fingerprint density at radius 2 is 1.78 bits per heavy atom. The van der Waals surface area contributed by atoms with E-state index in [1.165, 1.54) is 0 Å². The fourth-order valence-corrected chi connectivity index (χ4v) is 5.07. The van der Waals surface area contributed by atoms with Crippen molar-refractivity contribution in [3.8, 4) is 0 Å². The topological polar surface area (TPSA) is 73.4 Å². The van der Waals surface area contributed by atoms with Crippen molar-refractivity contribution in [3.63, 3.8) is 0 Å². The molecule has 0 spiro atoms. The Balaban J connectivity index is 1.47. The maximum absolute atomic E-state index is 13.3. The Kier molecular flexibility index (Phi) is 6.69. The third-order valence-electron chi connectivity index (χ3n) is 6.63. The van der Waals surface area contributed by atoms with Crippen LogP contribution in [-0.4, -0.2) is 84.5 Å². The lowest BCUT2D eigenvalue weighted by molar-refractivity contribution is -0.143. The zero-order valence-corrected chi connectivity index (χ0v) is 19.3. The Labute approximate surface area is 190 Å². The number of carbonyl (C=O) groups excluding carboxylic acids is 3. The first-order valence-corrected chi connectivity index (χ1v) is 11.6. The van der Waals surface area contributed by atoms with Crippen LogP contribution in [0.1, 0.15) is 38.7 Å². The molecule has 0 N–H and O–H groups in total. The van der Waals surface area contributed by atoms with Crippen molar-refractivity contribution in [2.45, 2.75) is 51.7 Å². The van der Waals surface area contributed by atoms with Gasteiger partial charge in [-0.3, -0.25) is 9.59 Å². The van der Waals surface area contributed by atoms with Crippen LogP contribution in [0.2, 0.25) is 0 Å². The van der Waals surface area contributed by atoms with Crippen molar-refractivity contribution in [1.82, 2.24) is 14.7 Å². The third kappa shape index (κ3) is 4.46. The number of rotatable bonds is 8. The molecular weight excluding hydrogens is 408 g/mol. The van der Waals surface area contributed by atoms with Gasteiger partial charge in [-0.25, -0.2) is 4.79 Å². The number of ether oxygens (including phenoxy) is 1. The molecule has 3 heterocycles. The van der Waals surface area contributed by atoms with Gasteiger partial charge in [0.1, 0.15) is 6.04 Å². The van der Waals surface area contributed by atoms with E-state index in [0.29, 0.717) is 51.5 Å². The van der Waals surface area contributed by atoms with Crippen molar-refractivity contribution in [3.05, 3.63) is 29.8 Å². The molecule has 3 aliphatic heterocycles. The van der Waals surface area contributed by atoms with Crippen molar-refractivity contribution in [2.24, 2.45) is 5.92 Å². The van der Waals surface area contributed by atoms with Crippen molar-refractivity contribution in [2.75, 3.05) is 44.8 Å². The number of piperazine rings is 1. The highest BCUT2D eigenvalue weighted by atomic mass is 16.5. The summed E-state index contributed by atoms with van der Waals surface area (Å²) in [7, 11) is 1.64. The number of amides is 4. The SMILES string of the molecule is COCCN1C[C@@H]2CN(Cc3ccc(N4CCCC4=O)cc3)C(=O)N2[C@@H](CC(C)C)C1=O. The number of carbonyl (C=O) groups is 3. The molecule has 0 unspecified atom stereocenters. The molecule has 0 aromatic heterocycles. The summed E-state index contributed by atoms with van der Waals surface area (Å²) in [4.78, 5) is 45.8. The summed E-state index contributed by atoms with van der Waals surface area (Å²) in [6, 6.07) is 7.45. The highest BCUT2D eigenvalue weighted by Gasteiger charge is 2.49. The predicted octanol–water partition coefficient (Wildman–Crippen LogP) is 2.32. The zero-order chi connectivity index (χ0) is 22.8. The fourth-order valence-electron chi connectivity index (χ4n) is 5.07. The first kappa shape index (κ1) is 22.6. The molecule has 2 atom stereocenters. The summed E-state index contributed by atoms with van der Waals surface area (Å²) in [6.07, 6.45) is 2.17. The number of methoxy groups -OCH3 is 1. The van der Waals surface area contributed by atoms with Crippen LogP contribution >= 0.6 is 0 Å². The van der Waals surface area contributed by atoms with Crippen molar-refractivity contribution >= 4 is 23.5 Å². The van der Waals surface area contributed by atoms with Gasteiger partial charge in [0, 0.05) is 51.9 Å². The molecule has 4 amide bonds. The molecule has 3 aliphatic rings. The van der Waals surface area contributed by atoms with Crippen LogP contribution in [0.4, 0.5) is 10.5 Å². The van der Waals surface area contributed by atoms with Crippen molar-refractivity contribution in [1.29, 1.82) is 0 Å². The number of hydrogen-bond donors (Lipinski definition) is 0. The minimum absolute atomic E-state index is 0.00213. The van der Waals surface area contributed by atoms with E-state index < -0.39 is 6.04 Å². The average Bonchev–Trinajstić information content (AvgIpc) is 3.32. The molecule has 4 rings (SSSR count). The maximum Gasteiger partial charge on any atom is 0.321 e. The Hall–Kier alpha value is -2.61. The van der Waals surface area contributed by atoms with Crippen LogP contribution in [0.25, 0.3) is 0 Å². The molecule has 8 heteroatoms. The van der Waals surface area contributed by atoms with Gasteiger partial charge in [-0.1, -0.05) is 26.0 Å². The van der Waals surface area contributed by atoms with Gasteiger partial charge in [0.25, 0.3) is 0 Å². The number of nitrogens with zero attached hydrogens (tertiary/aromatic N) is 4. The van der Waals surface area contributed by atoms with Crippen LogP contribution in [0.15, 0.2) is 24.3 Å². The third-order valence-corrected chi connectivity index (χ3v) is 6.63. The van der Waals surface area contributed by atoms with E-state index in [-0.39, 0.29) is 23.9 Å². The van der Waals surface area contributed by atoms with E-state index in [4.69, 9.17) is 4.74 Å². The summed E-state index contributed by atoms with van der Waals surface area (Å²) < 4.78 is 5.19. The van der Waals surface area contributed by atoms with Crippen LogP contribution in [0.5, 0.6) is 0 Å². The average molecular weight is 443 g/mol. The molecular formula is C24H34N4O4. The molecule has 8 nitrogen and oxygen atoms in total. The molecule has 3 saturated heterocycles. The molecule has 32 heavy (non-hydrogen) atoms. The van der Waals surface area contributed by atoms with E-state index in [1.54, 1.807) is 7.11 Å². The first-order valence-electron chi connectivity index (χ1n) is 11.6. The minimum Gasteiger partial charge on any atom is -0.383 e. The van der Waals surface area contributed by atoms with Gasteiger partial charge in [0.05, 0.1) is 12.6 Å². The van der Waals surface area contributed by atoms with E-state index >= 15 is 0 Å². The number of anilines is 1. The largest absolute Gasteiger partial charge is 0.383 e. The monoisotopic (exact) mass is 442 g/mol. The molecule has 3 fully saturated rings. The molecule has 1 aromatic rings. The lowest BCUT2D eigenvalue weighted by atomic mass is 9.97. The van der Waals surface area contributed by atoms with Crippen molar-refractivity contribution < 1.29 is 19.1 Å². The summed E-state index contributed by atoms with van der Waals surface area (Å²) >= 11 is 0. The van der Waals surface area contributed by atoms with Gasteiger partial charge in [-0.05, 0) is 36.5 Å².